The maximum absolute atomic E-state index is 9.16. The molecule has 3 heteroatoms. The summed E-state index contributed by atoms with van der Waals surface area (Å²) in [4.78, 5) is 0.993. The average molecular weight is 225 g/mol. The van der Waals surface area contributed by atoms with Crippen LogP contribution in [0.15, 0.2) is 35.7 Å². The summed E-state index contributed by atoms with van der Waals surface area (Å²) in [5.41, 5.74) is 1.50. The minimum Gasteiger partial charge on any atom is -0.455 e. The second-order valence-electron chi connectivity index (χ2n) is 3.42. The molecule has 0 N–H and O–H groups in total. The summed E-state index contributed by atoms with van der Waals surface area (Å²) in [5.74, 6) is 1.56. The number of nitrogens with zero attached hydrogens (tertiary/aromatic N) is 1. The van der Waals surface area contributed by atoms with Gasteiger partial charge < -0.3 is 4.74 Å². The van der Waals surface area contributed by atoms with E-state index in [0.717, 1.165) is 21.9 Å². The molecule has 0 radical (unpaired) electrons. The van der Waals surface area contributed by atoms with Crippen molar-refractivity contribution in [2.24, 2.45) is 0 Å². The Morgan fingerprint density at radius 1 is 1.12 bits per heavy atom. The van der Waals surface area contributed by atoms with E-state index in [1.807, 2.05) is 41.8 Å². The molecule has 0 unspecified atom stereocenters. The van der Waals surface area contributed by atoms with Crippen molar-refractivity contribution in [3.63, 3.8) is 0 Å². The highest BCUT2D eigenvalue weighted by Crippen LogP contribution is 2.39. The minimum atomic E-state index is 0.650. The van der Waals surface area contributed by atoms with E-state index < -0.39 is 0 Å². The fourth-order valence-corrected chi connectivity index (χ4v) is 2.45. The van der Waals surface area contributed by atoms with Crippen molar-refractivity contribution in [2.75, 3.05) is 0 Å². The van der Waals surface area contributed by atoms with Gasteiger partial charge in [0.05, 0.1) is 16.5 Å². The Morgan fingerprint density at radius 3 is 2.88 bits per heavy atom. The van der Waals surface area contributed by atoms with E-state index >= 15 is 0 Å². The predicted octanol–water partition coefficient (Wildman–Crippen LogP) is 3.92. The van der Waals surface area contributed by atoms with Crippen LogP contribution in [0, 0.1) is 11.3 Å². The van der Waals surface area contributed by atoms with E-state index in [1.165, 1.54) is 0 Å². The molecule has 0 spiro atoms. The lowest BCUT2D eigenvalue weighted by molar-refractivity contribution is 0.484. The molecule has 76 valence electrons. The summed E-state index contributed by atoms with van der Waals surface area (Å²) in [7, 11) is 0. The number of thiophene rings is 1. The van der Waals surface area contributed by atoms with Gasteiger partial charge in [-0.3, -0.25) is 0 Å². The zero-order valence-electron chi connectivity index (χ0n) is 8.31. The van der Waals surface area contributed by atoms with Crippen LogP contribution >= 0.6 is 11.3 Å². The van der Waals surface area contributed by atoms with Crippen LogP contribution < -0.4 is 4.74 Å². The highest BCUT2D eigenvalue weighted by Gasteiger charge is 2.16. The van der Waals surface area contributed by atoms with Gasteiger partial charge in [0.1, 0.15) is 11.5 Å². The van der Waals surface area contributed by atoms with Crippen molar-refractivity contribution in [3.05, 3.63) is 46.2 Å². The summed E-state index contributed by atoms with van der Waals surface area (Å²) in [5, 5.41) is 11.1. The van der Waals surface area contributed by atoms with Crippen molar-refractivity contribution in [1.29, 1.82) is 5.26 Å². The van der Waals surface area contributed by atoms with Crippen LogP contribution in [-0.2, 0) is 0 Å². The van der Waals surface area contributed by atoms with E-state index in [1.54, 1.807) is 11.3 Å². The van der Waals surface area contributed by atoms with E-state index in [2.05, 4.69) is 6.07 Å². The van der Waals surface area contributed by atoms with E-state index in [-0.39, 0.29) is 0 Å². The first-order valence-electron chi connectivity index (χ1n) is 4.85. The van der Waals surface area contributed by atoms with Gasteiger partial charge in [0.2, 0.25) is 0 Å². The van der Waals surface area contributed by atoms with Crippen LogP contribution in [-0.4, -0.2) is 0 Å². The minimum absolute atomic E-state index is 0.650. The normalized spacial score (nSPS) is 12.6. The van der Waals surface area contributed by atoms with Gasteiger partial charge in [-0.25, -0.2) is 0 Å². The number of allylic oxidation sites excluding steroid dienone is 1. The molecule has 0 saturated carbocycles. The second kappa shape index (κ2) is 3.51. The number of ether oxygens (including phenoxy) is 1. The monoisotopic (exact) mass is 225 g/mol. The number of benzene rings is 1. The van der Waals surface area contributed by atoms with Gasteiger partial charge in [-0.2, -0.15) is 5.26 Å². The van der Waals surface area contributed by atoms with E-state index in [0.29, 0.717) is 5.57 Å². The van der Waals surface area contributed by atoms with Gasteiger partial charge in [0.25, 0.3) is 0 Å². The van der Waals surface area contributed by atoms with Crippen LogP contribution in [0.2, 0.25) is 0 Å². The fraction of sp³-hybridized carbons (Fsp3) is 0. The van der Waals surface area contributed by atoms with Crippen LogP contribution in [0.5, 0.6) is 11.5 Å². The van der Waals surface area contributed by atoms with Gasteiger partial charge in [-0.15, -0.1) is 11.3 Å². The first-order valence-corrected chi connectivity index (χ1v) is 5.73. The Morgan fingerprint density at radius 2 is 2.00 bits per heavy atom. The van der Waals surface area contributed by atoms with Gasteiger partial charge >= 0.3 is 0 Å². The molecule has 0 atom stereocenters. The van der Waals surface area contributed by atoms with Crippen LogP contribution in [0.3, 0.4) is 0 Å². The molecule has 1 aromatic heterocycles. The summed E-state index contributed by atoms with van der Waals surface area (Å²) >= 11 is 1.58. The topological polar surface area (TPSA) is 33.0 Å². The van der Waals surface area contributed by atoms with Gasteiger partial charge in [0.15, 0.2) is 0 Å². The predicted molar refractivity (Wildman–Crippen MR) is 64.3 cm³/mol. The molecule has 1 aliphatic rings. The summed E-state index contributed by atoms with van der Waals surface area (Å²) in [6.45, 7) is 0. The molecule has 2 heterocycles. The lowest BCUT2D eigenvalue weighted by Gasteiger charge is -2.06. The Labute approximate surface area is 97.0 Å². The molecule has 16 heavy (non-hydrogen) atoms. The molecule has 0 aliphatic carbocycles. The third-order valence-corrected chi connectivity index (χ3v) is 3.30. The zero-order chi connectivity index (χ0) is 11.0. The second-order valence-corrected chi connectivity index (χ2v) is 4.36. The largest absolute Gasteiger partial charge is 0.455 e. The fourth-order valence-electron chi connectivity index (χ4n) is 1.70. The summed E-state index contributed by atoms with van der Waals surface area (Å²) in [6.07, 6.45) is 1.88. The summed E-state index contributed by atoms with van der Waals surface area (Å²) in [6, 6.07) is 11.7. The molecule has 1 aliphatic heterocycles. The highest BCUT2D eigenvalue weighted by atomic mass is 32.1. The molecule has 0 bridgehead atoms. The maximum Gasteiger partial charge on any atom is 0.145 e. The number of para-hydroxylation sites is 1. The Kier molecular flexibility index (Phi) is 2.02. The summed E-state index contributed by atoms with van der Waals surface area (Å²) < 4.78 is 5.78. The molecular weight excluding hydrogens is 218 g/mol. The Hall–Kier alpha value is -2.05. The smallest absolute Gasteiger partial charge is 0.145 e. The zero-order valence-corrected chi connectivity index (χ0v) is 9.12. The van der Waals surface area contributed by atoms with Crippen molar-refractivity contribution in [3.8, 4) is 17.6 Å². The van der Waals surface area contributed by atoms with Gasteiger partial charge in [-0.1, -0.05) is 12.1 Å². The highest BCUT2D eigenvalue weighted by molar-refractivity contribution is 7.11. The number of hydrogen-bond donors (Lipinski definition) is 0. The standard InChI is InChI=1S/C13H7NOS/c14-8-9-7-13-12(5-6-16-13)15-11-4-2-1-3-10(9)11/h1-7H. The average Bonchev–Trinajstić information content (AvgIpc) is 2.68. The number of fused-ring (bicyclic) bond motifs is 2. The number of rotatable bonds is 0. The quantitative estimate of drug-likeness (QED) is 0.680. The molecule has 1 aromatic carbocycles. The third-order valence-electron chi connectivity index (χ3n) is 2.45. The lowest BCUT2D eigenvalue weighted by Crippen LogP contribution is -1.86. The van der Waals surface area contributed by atoms with Gasteiger partial charge in [-0.05, 0) is 29.7 Å². The number of hydrogen-bond acceptors (Lipinski definition) is 3. The van der Waals surface area contributed by atoms with Crippen molar-refractivity contribution >= 4 is 23.0 Å². The molecular formula is C13H7NOS. The third kappa shape index (κ3) is 1.32. The lowest BCUT2D eigenvalue weighted by atomic mass is 10.1. The molecule has 0 saturated heterocycles. The molecule has 2 aromatic rings. The van der Waals surface area contributed by atoms with Crippen molar-refractivity contribution in [1.82, 2.24) is 0 Å². The molecule has 0 amide bonds. The SMILES string of the molecule is N#CC1=Cc2sccc2Oc2ccccc21. The van der Waals surface area contributed by atoms with E-state index in [4.69, 9.17) is 10.00 Å². The molecule has 2 nitrogen and oxygen atoms in total. The molecule has 3 rings (SSSR count). The maximum atomic E-state index is 9.16. The first kappa shape index (κ1) is 9.20. The number of nitriles is 1. The van der Waals surface area contributed by atoms with Crippen LogP contribution in [0.1, 0.15) is 10.4 Å². The van der Waals surface area contributed by atoms with Crippen molar-refractivity contribution < 1.29 is 4.74 Å². The Bertz CT molecular complexity index is 619. The van der Waals surface area contributed by atoms with Gasteiger partial charge in [0, 0.05) is 5.56 Å². The van der Waals surface area contributed by atoms with Crippen molar-refractivity contribution in [2.45, 2.75) is 0 Å². The van der Waals surface area contributed by atoms with Crippen LogP contribution in [0.25, 0.3) is 11.6 Å². The molecule has 0 fully saturated rings. The first-order chi connectivity index (χ1) is 7.88. The Balaban J connectivity index is 2.29. The van der Waals surface area contributed by atoms with Crippen LogP contribution in [0.4, 0.5) is 0 Å². The van der Waals surface area contributed by atoms with E-state index in [9.17, 15) is 0 Å².